The summed E-state index contributed by atoms with van der Waals surface area (Å²) < 4.78 is 0. The molecule has 102 valence electrons. The first-order valence-corrected chi connectivity index (χ1v) is 7.51. The van der Waals surface area contributed by atoms with Crippen LogP contribution in [-0.4, -0.2) is 57.2 Å². The number of rotatable bonds is 3. The summed E-state index contributed by atoms with van der Waals surface area (Å²) in [4.78, 5) is 24.5. The van der Waals surface area contributed by atoms with E-state index in [0.717, 1.165) is 24.3 Å². The number of carboxylic acid groups (broad SMARTS) is 1. The fourth-order valence-electron chi connectivity index (χ4n) is 2.64. The van der Waals surface area contributed by atoms with E-state index < -0.39 is 18.1 Å². The number of nitrogens with zero attached hydrogens (tertiary/aromatic N) is 1. The molecular weight excluding hydrogens is 254 g/mol. The lowest BCUT2D eigenvalue weighted by Crippen LogP contribution is -2.41. The molecule has 0 radical (unpaired) electrons. The van der Waals surface area contributed by atoms with Crippen molar-refractivity contribution < 1.29 is 19.8 Å². The molecule has 2 saturated heterocycles. The number of aliphatic carboxylic acids is 1. The van der Waals surface area contributed by atoms with Gasteiger partial charge in [-0.3, -0.25) is 4.79 Å². The van der Waals surface area contributed by atoms with Crippen LogP contribution in [0.3, 0.4) is 0 Å². The summed E-state index contributed by atoms with van der Waals surface area (Å²) in [5, 5.41) is 18.6. The fourth-order valence-corrected chi connectivity index (χ4v) is 3.84. The van der Waals surface area contributed by atoms with Crippen molar-refractivity contribution in [3.8, 4) is 0 Å². The van der Waals surface area contributed by atoms with E-state index in [1.807, 2.05) is 11.8 Å². The number of amides is 1. The first-order chi connectivity index (χ1) is 8.58. The Morgan fingerprint density at radius 2 is 1.94 bits per heavy atom. The van der Waals surface area contributed by atoms with E-state index in [9.17, 15) is 14.7 Å². The number of hydrogen-bond donors (Lipinski definition) is 2. The van der Waals surface area contributed by atoms with Crippen molar-refractivity contribution in [2.75, 3.05) is 18.1 Å². The average Bonchev–Trinajstić information content (AvgIpc) is 2.73. The summed E-state index contributed by atoms with van der Waals surface area (Å²) in [6.07, 6.45) is 1.95. The number of carboxylic acids is 1. The largest absolute Gasteiger partial charge is 0.480 e. The third-order valence-corrected chi connectivity index (χ3v) is 4.74. The predicted octanol–water partition coefficient (Wildman–Crippen LogP) is 0.566. The number of β-amino-alcohol motifs (C(OH)–C–C–N with tert-alkyl or cyclic N) is 1. The summed E-state index contributed by atoms with van der Waals surface area (Å²) in [6, 6.07) is -0.842. The molecular formula is C12H19NO4S. The summed E-state index contributed by atoms with van der Waals surface area (Å²) >= 11 is 1.90. The maximum absolute atomic E-state index is 12.1. The number of carbonyl (C=O) groups is 2. The van der Waals surface area contributed by atoms with Crippen LogP contribution in [0.25, 0.3) is 0 Å². The third kappa shape index (κ3) is 3.17. The van der Waals surface area contributed by atoms with Crippen molar-refractivity contribution in [3.05, 3.63) is 0 Å². The first kappa shape index (κ1) is 13.7. The zero-order valence-electron chi connectivity index (χ0n) is 10.2. The molecule has 6 heteroatoms. The first-order valence-electron chi connectivity index (χ1n) is 6.36. The molecule has 2 atom stereocenters. The molecule has 2 heterocycles. The van der Waals surface area contributed by atoms with Gasteiger partial charge in [-0.1, -0.05) is 0 Å². The summed E-state index contributed by atoms with van der Waals surface area (Å²) in [6.45, 7) is 0.164. The Bertz CT molecular complexity index is 330. The van der Waals surface area contributed by atoms with Crippen LogP contribution >= 0.6 is 11.8 Å². The highest BCUT2D eigenvalue weighted by atomic mass is 32.2. The standard InChI is InChI=1S/C12H19NO4S/c14-9-6-10(12(16)17)13(7-9)11(15)5-8-1-3-18-4-2-8/h8-10,14H,1-7H2,(H,16,17)/t9-,10+/m1/s1. The van der Waals surface area contributed by atoms with Gasteiger partial charge < -0.3 is 15.1 Å². The topological polar surface area (TPSA) is 77.8 Å². The van der Waals surface area contributed by atoms with Gasteiger partial charge in [-0.15, -0.1) is 0 Å². The Morgan fingerprint density at radius 1 is 1.28 bits per heavy atom. The van der Waals surface area contributed by atoms with Gasteiger partial charge in [-0.05, 0) is 30.3 Å². The van der Waals surface area contributed by atoms with E-state index in [1.54, 1.807) is 0 Å². The van der Waals surface area contributed by atoms with Crippen molar-refractivity contribution in [2.24, 2.45) is 5.92 Å². The quantitative estimate of drug-likeness (QED) is 0.786. The lowest BCUT2D eigenvalue weighted by atomic mass is 9.98. The van der Waals surface area contributed by atoms with Gasteiger partial charge in [0.05, 0.1) is 6.10 Å². The average molecular weight is 273 g/mol. The van der Waals surface area contributed by atoms with Crippen molar-refractivity contribution in [2.45, 2.75) is 37.8 Å². The van der Waals surface area contributed by atoms with Crippen LogP contribution in [0.2, 0.25) is 0 Å². The Hall–Kier alpha value is -0.750. The maximum Gasteiger partial charge on any atom is 0.326 e. The van der Waals surface area contributed by atoms with Gasteiger partial charge in [-0.25, -0.2) is 4.79 Å². The molecule has 2 fully saturated rings. The van der Waals surface area contributed by atoms with Crippen LogP contribution in [0.4, 0.5) is 0 Å². The molecule has 2 aliphatic heterocycles. The van der Waals surface area contributed by atoms with Gasteiger partial charge in [-0.2, -0.15) is 11.8 Å². The number of hydrogen-bond acceptors (Lipinski definition) is 4. The maximum atomic E-state index is 12.1. The number of likely N-dealkylation sites (tertiary alicyclic amines) is 1. The van der Waals surface area contributed by atoms with E-state index in [0.29, 0.717) is 12.3 Å². The Kier molecular flexibility index (Phi) is 4.50. The number of thioether (sulfide) groups is 1. The van der Waals surface area contributed by atoms with Crippen LogP contribution in [0, 0.1) is 5.92 Å². The van der Waals surface area contributed by atoms with Gasteiger partial charge in [0.2, 0.25) is 5.91 Å². The number of carbonyl (C=O) groups excluding carboxylic acids is 1. The van der Waals surface area contributed by atoms with Crippen molar-refractivity contribution in [1.82, 2.24) is 4.90 Å². The molecule has 0 unspecified atom stereocenters. The zero-order valence-corrected chi connectivity index (χ0v) is 11.1. The van der Waals surface area contributed by atoms with Crippen LogP contribution in [0.1, 0.15) is 25.7 Å². The monoisotopic (exact) mass is 273 g/mol. The van der Waals surface area contributed by atoms with Gasteiger partial charge in [0.15, 0.2) is 0 Å². The molecule has 5 nitrogen and oxygen atoms in total. The number of aliphatic hydroxyl groups is 1. The van der Waals surface area contributed by atoms with Crippen LogP contribution in [0.5, 0.6) is 0 Å². The van der Waals surface area contributed by atoms with Crippen molar-refractivity contribution >= 4 is 23.6 Å². The third-order valence-electron chi connectivity index (χ3n) is 3.69. The smallest absolute Gasteiger partial charge is 0.326 e. The normalized spacial score (nSPS) is 29.5. The Balaban J connectivity index is 1.92. The molecule has 2 rings (SSSR count). The van der Waals surface area contributed by atoms with Crippen LogP contribution < -0.4 is 0 Å². The predicted molar refractivity (Wildman–Crippen MR) is 68.4 cm³/mol. The highest BCUT2D eigenvalue weighted by molar-refractivity contribution is 7.99. The van der Waals surface area contributed by atoms with E-state index in [-0.39, 0.29) is 18.9 Å². The molecule has 1 amide bonds. The molecule has 0 aromatic carbocycles. The van der Waals surface area contributed by atoms with Crippen molar-refractivity contribution in [3.63, 3.8) is 0 Å². The van der Waals surface area contributed by atoms with Crippen molar-refractivity contribution in [1.29, 1.82) is 0 Å². The Morgan fingerprint density at radius 3 is 2.56 bits per heavy atom. The van der Waals surface area contributed by atoms with E-state index in [4.69, 9.17) is 5.11 Å². The minimum Gasteiger partial charge on any atom is -0.480 e. The second-order valence-corrected chi connectivity index (χ2v) is 6.27. The minimum atomic E-state index is -1.01. The molecule has 0 aromatic heterocycles. The molecule has 0 aromatic rings. The summed E-state index contributed by atoms with van der Waals surface area (Å²) in [5.74, 6) is 1.42. The highest BCUT2D eigenvalue weighted by Gasteiger charge is 2.39. The molecule has 2 aliphatic rings. The lowest BCUT2D eigenvalue weighted by Gasteiger charge is -2.26. The van der Waals surface area contributed by atoms with E-state index >= 15 is 0 Å². The fraction of sp³-hybridized carbons (Fsp3) is 0.833. The minimum absolute atomic E-state index is 0.115. The Labute approximate surface area is 111 Å². The number of aliphatic hydroxyl groups excluding tert-OH is 1. The summed E-state index contributed by atoms with van der Waals surface area (Å²) in [5.41, 5.74) is 0. The second-order valence-electron chi connectivity index (χ2n) is 5.05. The van der Waals surface area contributed by atoms with Gasteiger partial charge in [0.1, 0.15) is 6.04 Å². The van der Waals surface area contributed by atoms with E-state index in [2.05, 4.69) is 0 Å². The van der Waals surface area contributed by atoms with Crippen LogP contribution in [0.15, 0.2) is 0 Å². The second kappa shape index (κ2) is 5.93. The zero-order chi connectivity index (χ0) is 13.1. The highest BCUT2D eigenvalue weighted by Crippen LogP contribution is 2.27. The van der Waals surface area contributed by atoms with Gasteiger partial charge >= 0.3 is 5.97 Å². The molecule has 2 N–H and O–H groups in total. The van der Waals surface area contributed by atoms with E-state index in [1.165, 1.54) is 4.90 Å². The van der Waals surface area contributed by atoms with Gasteiger partial charge in [0.25, 0.3) is 0 Å². The molecule has 18 heavy (non-hydrogen) atoms. The molecule has 0 aliphatic carbocycles. The SMILES string of the molecule is O=C(O)[C@@H]1C[C@@H](O)CN1C(=O)CC1CCSCC1. The van der Waals surface area contributed by atoms with Gasteiger partial charge in [0, 0.05) is 19.4 Å². The summed E-state index contributed by atoms with van der Waals surface area (Å²) in [7, 11) is 0. The molecule has 0 spiro atoms. The molecule has 0 bridgehead atoms. The molecule has 0 saturated carbocycles. The lowest BCUT2D eigenvalue weighted by molar-refractivity contribution is -0.148. The van der Waals surface area contributed by atoms with Crippen LogP contribution in [-0.2, 0) is 9.59 Å².